The van der Waals surface area contributed by atoms with Crippen molar-refractivity contribution < 1.29 is 9.47 Å². The van der Waals surface area contributed by atoms with Gasteiger partial charge in [-0.2, -0.15) is 0 Å². The SMILES string of the molecule is CCCOc1cc(Oc2cccc(C)c2)ccc1N. The lowest BCUT2D eigenvalue weighted by Gasteiger charge is -2.11. The van der Waals surface area contributed by atoms with Crippen molar-refractivity contribution in [3.05, 3.63) is 48.0 Å². The van der Waals surface area contributed by atoms with Gasteiger partial charge in [-0.1, -0.05) is 19.1 Å². The Balaban J connectivity index is 2.16. The molecule has 3 nitrogen and oxygen atoms in total. The number of nitrogen functional groups attached to an aromatic ring is 1. The second-order valence-electron chi connectivity index (χ2n) is 4.47. The summed E-state index contributed by atoms with van der Waals surface area (Å²) in [7, 11) is 0. The van der Waals surface area contributed by atoms with Crippen LogP contribution >= 0.6 is 0 Å². The quantitative estimate of drug-likeness (QED) is 0.818. The Kier molecular flexibility index (Phi) is 4.29. The molecule has 0 saturated carbocycles. The molecular formula is C16H19NO2. The van der Waals surface area contributed by atoms with Crippen LogP contribution in [0.15, 0.2) is 42.5 Å². The number of nitrogens with two attached hydrogens (primary N) is 1. The summed E-state index contributed by atoms with van der Waals surface area (Å²) in [5, 5.41) is 0. The fraction of sp³-hybridized carbons (Fsp3) is 0.250. The lowest BCUT2D eigenvalue weighted by molar-refractivity contribution is 0.317. The number of aryl methyl sites for hydroxylation is 1. The van der Waals surface area contributed by atoms with E-state index in [2.05, 4.69) is 6.92 Å². The molecular weight excluding hydrogens is 238 g/mol. The maximum atomic E-state index is 5.87. The van der Waals surface area contributed by atoms with Gasteiger partial charge in [0.2, 0.25) is 0 Å². The van der Waals surface area contributed by atoms with E-state index in [0.29, 0.717) is 18.0 Å². The normalized spacial score (nSPS) is 10.2. The molecule has 0 amide bonds. The summed E-state index contributed by atoms with van der Waals surface area (Å²) in [5.74, 6) is 2.21. The van der Waals surface area contributed by atoms with Gasteiger partial charge in [-0.25, -0.2) is 0 Å². The lowest BCUT2D eigenvalue weighted by Crippen LogP contribution is -1.99. The molecule has 2 N–H and O–H groups in total. The fourth-order valence-electron chi connectivity index (χ4n) is 1.73. The molecule has 2 rings (SSSR count). The van der Waals surface area contributed by atoms with Crippen molar-refractivity contribution in [2.45, 2.75) is 20.3 Å². The Morgan fingerprint density at radius 2 is 1.84 bits per heavy atom. The largest absolute Gasteiger partial charge is 0.491 e. The number of rotatable bonds is 5. The molecule has 2 aromatic carbocycles. The number of benzene rings is 2. The van der Waals surface area contributed by atoms with E-state index in [0.717, 1.165) is 23.5 Å². The fourth-order valence-corrected chi connectivity index (χ4v) is 1.73. The van der Waals surface area contributed by atoms with Crippen LogP contribution < -0.4 is 15.2 Å². The molecule has 3 heteroatoms. The van der Waals surface area contributed by atoms with Crippen LogP contribution in [0.1, 0.15) is 18.9 Å². The first-order valence-electron chi connectivity index (χ1n) is 6.46. The first-order chi connectivity index (χ1) is 9.19. The van der Waals surface area contributed by atoms with Crippen molar-refractivity contribution in [2.24, 2.45) is 0 Å². The lowest BCUT2D eigenvalue weighted by atomic mass is 10.2. The van der Waals surface area contributed by atoms with Crippen molar-refractivity contribution in [2.75, 3.05) is 12.3 Å². The summed E-state index contributed by atoms with van der Waals surface area (Å²) in [5.41, 5.74) is 7.66. The molecule has 0 unspecified atom stereocenters. The monoisotopic (exact) mass is 257 g/mol. The maximum absolute atomic E-state index is 5.87. The molecule has 0 aliphatic carbocycles. The zero-order valence-electron chi connectivity index (χ0n) is 11.3. The first-order valence-corrected chi connectivity index (χ1v) is 6.46. The molecule has 0 fully saturated rings. The third-order valence-corrected chi connectivity index (χ3v) is 2.67. The minimum atomic E-state index is 0.630. The van der Waals surface area contributed by atoms with Gasteiger partial charge in [-0.15, -0.1) is 0 Å². The van der Waals surface area contributed by atoms with Gasteiger partial charge in [0.25, 0.3) is 0 Å². The maximum Gasteiger partial charge on any atom is 0.145 e. The molecule has 0 saturated heterocycles. The van der Waals surface area contributed by atoms with Crippen LogP contribution in [0.4, 0.5) is 5.69 Å². The molecule has 0 aliphatic heterocycles. The predicted molar refractivity (Wildman–Crippen MR) is 77.9 cm³/mol. The van der Waals surface area contributed by atoms with E-state index < -0.39 is 0 Å². The van der Waals surface area contributed by atoms with E-state index in [9.17, 15) is 0 Å². The summed E-state index contributed by atoms with van der Waals surface area (Å²) < 4.78 is 11.4. The summed E-state index contributed by atoms with van der Waals surface area (Å²) in [6, 6.07) is 13.4. The van der Waals surface area contributed by atoms with Crippen LogP contribution in [0.3, 0.4) is 0 Å². The van der Waals surface area contributed by atoms with Crippen LogP contribution in [0, 0.1) is 6.92 Å². The molecule has 19 heavy (non-hydrogen) atoms. The molecule has 0 aromatic heterocycles. The standard InChI is InChI=1S/C16H19NO2/c1-3-9-18-16-11-14(7-8-15(16)17)19-13-6-4-5-12(2)10-13/h4-8,10-11H,3,9,17H2,1-2H3. The third-order valence-electron chi connectivity index (χ3n) is 2.67. The van der Waals surface area contributed by atoms with E-state index in [1.54, 1.807) is 6.07 Å². The summed E-state index contributed by atoms with van der Waals surface area (Å²) >= 11 is 0. The number of hydrogen-bond donors (Lipinski definition) is 1. The highest BCUT2D eigenvalue weighted by atomic mass is 16.5. The highest BCUT2D eigenvalue weighted by Crippen LogP contribution is 2.30. The summed E-state index contributed by atoms with van der Waals surface area (Å²) in [4.78, 5) is 0. The van der Waals surface area contributed by atoms with E-state index >= 15 is 0 Å². The zero-order chi connectivity index (χ0) is 13.7. The van der Waals surface area contributed by atoms with Crippen LogP contribution in [0.25, 0.3) is 0 Å². The highest BCUT2D eigenvalue weighted by molar-refractivity contribution is 5.56. The Labute approximate surface area is 114 Å². The molecule has 0 atom stereocenters. The van der Waals surface area contributed by atoms with E-state index in [1.807, 2.05) is 43.3 Å². The van der Waals surface area contributed by atoms with Crippen LogP contribution in [0.2, 0.25) is 0 Å². The van der Waals surface area contributed by atoms with Gasteiger partial charge in [0, 0.05) is 6.07 Å². The zero-order valence-corrected chi connectivity index (χ0v) is 11.3. The molecule has 2 aromatic rings. The predicted octanol–water partition coefficient (Wildman–Crippen LogP) is 4.16. The van der Waals surface area contributed by atoms with Gasteiger partial charge in [0.1, 0.15) is 17.2 Å². The Bertz CT molecular complexity index is 552. The van der Waals surface area contributed by atoms with Gasteiger partial charge in [-0.05, 0) is 43.2 Å². The Morgan fingerprint density at radius 1 is 1.05 bits per heavy atom. The van der Waals surface area contributed by atoms with Gasteiger partial charge >= 0.3 is 0 Å². The highest BCUT2D eigenvalue weighted by Gasteiger charge is 2.04. The topological polar surface area (TPSA) is 44.5 Å². The first kappa shape index (κ1) is 13.3. The second-order valence-corrected chi connectivity index (χ2v) is 4.47. The van der Waals surface area contributed by atoms with E-state index in [1.165, 1.54) is 0 Å². The van der Waals surface area contributed by atoms with Gasteiger partial charge in [0.05, 0.1) is 12.3 Å². The van der Waals surface area contributed by atoms with Crippen molar-refractivity contribution in [3.8, 4) is 17.2 Å². The van der Waals surface area contributed by atoms with Crippen molar-refractivity contribution in [1.82, 2.24) is 0 Å². The van der Waals surface area contributed by atoms with Gasteiger partial charge in [-0.3, -0.25) is 0 Å². The molecule has 0 radical (unpaired) electrons. The van der Waals surface area contributed by atoms with E-state index in [-0.39, 0.29) is 0 Å². The smallest absolute Gasteiger partial charge is 0.145 e. The molecule has 0 bridgehead atoms. The molecule has 0 spiro atoms. The minimum Gasteiger partial charge on any atom is -0.491 e. The Hall–Kier alpha value is -2.16. The van der Waals surface area contributed by atoms with Crippen LogP contribution in [-0.2, 0) is 0 Å². The average Bonchev–Trinajstić information content (AvgIpc) is 2.39. The van der Waals surface area contributed by atoms with Gasteiger partial charge in [0.15, 0.2) is 0 Å². The van der Waals surface area contributed by atoms with Crippen molar-refractivity contribution >= 4 is 5.69 Å². The van der Waals surface area contributed by atoms with Crippen molar-refractivity contribution in [1.29, 1.82) is 0 Å². The molecule has 100 valence electrons. The molecule has 0 aliphatic rings. The van der Waals surface area contributed by atoms with Crippen molar-refractivity contribution in [3.63, 3.8) is 0 Å². The van der Waals surface area contributed by atoms with Crippen LogP contribution in [0.5, 0.6) is 17.2 Å². The van der Waals surface area contributed by atoms with Crippen LogP contribution in [-0.4, -0.2) is 6.61 Å². The summed E-state index contributed by atoms with van der Waals surface area (Å²) in [6.07, 6.45) is 0.947. The van der Waals surface area contributed by atoms with E-state index in [4.69, 9.17) is 15.2 Å². The number of hydrogen-bond acceptors (Lipinski definition) is 3. The number of ether oxygens (including phenoxy) is 2. The van der Waals surface area contributed by atoms with Gasteiger partial charge < -0.3 is 15.2 Å². The third kappa shape index (κ3) is 3.65. The Morgan fingerprint density at radius 3 is 2.58 bits per heavy atom. The molecule has 0 heterocycles. The average molecular weight is 257 g/mol. The number of anilines is 1. The minimum absolute atomic E-state index is 0.630. The summed E-state index contributed by atoms with van der Waals surface area (Å²) in [6.45, 7) is 4.74. The second kappa shape index (κ2) is 6.14.